The van der Waals surface area contributed by atoms with Crippen LogP contribution in [0.4, 0.5) is 9.18 Å². The summed E-state index contributed by atoms with van der Waals surface area (Å²) in [7, 11) is -3.68. The van der Waals surface area contributed by atoms with Crippen molar-refractivity contribution in [3.63, 3.8) is 0 Å². The van der Waals surface area contributed by atoms with E-state index in [4.69, 9.17) is 10.00 Å². The molecule has 8 nitrogen and oxygen atoms in total. The highest BCUT2D eigenvalue weighted by Gasteiger charge is 2.30. The Hall–Kier alpha value is -3.16. The molecule has 10 heteroatoms. The number of urea groups is 1. The zero-order chi connectivity index (χ0) is 21.6. The van der Waals surface area contributed by atoms with Crippen LogP contribution in [0.1, 0.15) is 5.56 Å². The molecule has 1 saturated heterocycles. The van der Waals surface area contributed by atoms with Gasteiger partial charge in [-0.1, -0.05) is 12.1 Å². The Morgan fingerprint density at radius 1 is 1.10 bits per heavy atom. The molecule has 0 saturated carbocycles. The van der Waals surface area contributed by atoms with Gasteiger partial charge in [0, 0.05) is 26.2 Å². The number of carbonyl (C=O) groups excluding carboxylic acids is 1. The summed E-state index contributed by atoms with van der Waals surface area (Å²) in [5, 5.41) is 11.5. The number of piperazine rings is 1. The van der Waals surface area contributed by atoms with Crippen LogP contribution in [-0.2, 0) is 10.0 Å². The summed E-state index contributed by atoms with van der Waals surface area (Å²) in [5.74, 6) is -0.350. The van der Waals surface area contributed by atoms with E-state index in [9.17, 15) is 17.6 Å². The zero-order valence-corrected chi connectivity index (χ0v) is 16.9. The summed E-state index contributed by atoms with van der Waals surface area (Å²) >= 11 is 0. The Kier molecular flexibility index (Phi) is 6.87. The maximum Gasteiger partial charge on any atom is 0.317 e. The Bertz CT molecular complexity index is 1030. The van der Waals surface area contributed by atoms with Crippen molar-refractivity contribution in [2.75, 3.05) is 39.3 Å². The van der Waals surface area contributed by atoms with E-state index in [1.807, 2.05) is 6.07 Å². The zero-order valence-electron chi connectivity index (χ0n) is 16.1. The molecule has 0 radical (unpaired) electrons. The van der Waals surface area contributed by atoms with E-state index >= 15 is 0 Å². The van der Waals surface area contributed by atoms with E-state index in [1.165, 1.54) is 45.6 Å². The number of sulfonamides is 1. The number of para-hydroxylation sites is 1. The summed E-state index contributed by atoms with van der Waals surface area (Å²) in [6, 6.07) is 13.4. The summed E-state index contributed by atoms with van der Waals surface area (Å²) < 4.78 is 45.5. The molecule has 1 N–H and O–H groups in total. The molecule has 2 amide bonds. The number of hydrogen-bond donors (Lipinski definition) is 1. The number of amides is 2. The van der Waals surface area contributed by atoms with Crippen LogP contribution in [0, 0.1) is 17.1 Å². The molecule has 0 aliphatic carbocycles. The van der Waals surface area contributed by atoms with Crippen LogP contribution >= 0.6 is 0 Å². The van der Waals surface area contributed by atoms with Crippen LogP contribution < -0.4 is 10.1 Å². The van der Waals surface area contributed by atoms with E-state index in [-0.39, 0.29) is 56.0 Å². The lowest BCUT2D eigenvalue weighted by Crippen LogP contribution is -2.53. The maximum absolute atomic E-state index is 13.5. The molecule has 0 unspecified atom stereocenters. The second kappa shape index (κ2) is 9.56. The molecule has 0 aromatic heterocycles. The van der Waals surface area contributed by atoms with Crippen molar-refractivity contribution in [1.82, 2.24) is 14.5 Å². The van der Waals surface area contributed by atoms with Gasteiger partial charge in [0.2, 0.25) is 10.0 Å². The normalized spacial score (nSPS) is 14.7. The van der Waals surface area contributed by atoms with E-state index in [0.29, 0.717) is 5.56 Å². The highest BCUT2D eigenvalue weighted by atomic mass is 32.2. The standard InChI is InChI=1S/C20H21FN4O4S/c21-18-3-1-2-4-19(18)29-14-9-23-20(26)24-10-12-25(13-11-24)30(27,28)17-7-5-16(15-22)6-8-17/h1-8H,9-14H2,(H,23,26). The molecular weight excluding hydrogens is 411 g/mol. The maximum atomic E-state index is 13.5. The fourth-order valence-electron chi connectivity index (χ4n) is 2.97. The molecule has 0 atom stereocenters. The van der Waals surface area contributed by atoms with Gasteiger partial charge in [0.1, 0.15) is 6.61 Å². The lowest BCUT2D eigenvalue weighted by atomic mass is 10.2. The average Bonchev–Trinajstić information content (AvgIpc) is 2.77. The van der Waals surface area contributed by atoms with Crippen LogP contribution in [0.15, 0.2) is 53.4 Å². The molecule has 30 heavy (non-hydrogen) atoms. The predicted octanol–water partition coefficient (Wildman–Crippen LogP) is 1.79. The summed E-state index contributed by atoms with van der Waals surface area (Å²) in [6.45, 7) is 1.13. The molecule has 1 aliphatic rings. The Morgan fingerprint density at radius 3 is 2.40 bits per heavy atom. The van der Waals surface area contributed by atoms with Crippen molar-refractivity contribution in [3.8, 4) is 11.8 Å². The number of halogens is 1. The van der Waals surface area contributed by atoms with Gasteiger partial charge in [-0.05, 0) is 36.4 Å². The highest BCUT2D eigenvalue weighted by Crippen LogP contribution is 2.18. The molecule has 1 aliphatic heterocycles. The first-order valence-corrected chi connectivity index (χ1v) is 10.8. The highest BCUT2D eigenvalue weighted by molar-refractivity contribution is 7.89. The SMILES string of the molecule is N#Cc1ccc(S(=O)(=O)N2CCN(C(=O)NCCOc3ccccc3F)CC2)cc1. The Labute approximate surface area is 174 Å². The van der Waals surface area contributed by atoms with Crippen molar-refractivity contribution >= 4 is 16.1 Å². The van der Waals surface area contributed by atoms with E-state index < -0.39 is 15.8 Å². The van der Waals surface area contributed by atoms with Gasteiger partial charge in [0.05, 0.1) is 23.1 Å². The van der Waals surface area contributed by atoms with Crippen molar-refractivity contribution in [3.05, 3.63) is 59.9 Å². The van der Waals surface area contributed by atoms with Gasteiger partial charge in [-0.3, -0.25) is 0 Å². The molecule has 2 aromatic rings. The molecule has 0 spiro atoms. The van der Waals surface area contributed by atoms with Gasteiger partial charge in [-0.2, -0.15) is 9.57 Å². The third kappa shape index (κ3) is 5.06. The quantitative estimate of drug-likeness (QED) is 0.701. The minimum atomic E-state index is -3.68. The van der Waals surface area contributed by atoms with Crippen LogP contribution in [0.5, 0.6) is 5.75 Å². The number of carbonyl (C=O) groups is 1. The number of ether oxygens (including phenoxy) is 1. The first kappa shape index (κ1) is 21.5. The average molecular weight is 432 g/mol. The van der Waals surface area contributed by atoms with E-state index in [1.54, 1.807) is 12.1 Å². The summed E-state index contributed by atoms with van der Waals surface area (Å²) in [5.41, 5.74) is 0.384. The van der Waals surface area contributed by atoms with Crippen molar-refractivity contribution in [2.45, 2.75) is 4.90 Å². The predicted molar refractivity (Wildman–Crippen MR) is 107 cm³/mol. The van der Waals surface area contributed by atoms with Crippen LogP contribution in [0.2, 0.25) is 0 Å². The first-order valence-electron chi connectivity index (χ1n) is 9.32. The second-order valence-corrected chi connectivity index (χ2v) is 8.48. The van der Waals surface area contributed by atoms with Gasteiger partial charge >= 0.3 is 6.03 Å². The molecule has 3 rings (SSSR count). The fourth-order valence-corrected chi connectivity index (χ4v) is 4.40. The minimum absolute atomic E-state index is 0.111. The number of nitrogens with zero attached hydrogens (tertiary/aromatic N) is 3. The summed E-state index contributed by atoms with van der Waals surface area (Å²) in [4.78, 5) is 13.9. The van der Waals surface area contributed by atoms with E-state index in [2.05, 4.69) is 5.32 Å². The number of rotatable bonds is 6. The fraction of sp³-hybridized carbons (Fsp3) is 0.300. The van der Waals surface area contributed by atoms with E-state index in [0.717, 1.165) is 0 Å². The Morgan fingerprint density at radius 2 is 1.77 bits per heavy atom. The van der Waals surface area contributed by atoms with Gasteiger partial charge in [-0.25, -0.2) is 17.6 Å². The second-order valence-electron chi connectivity index (χ2n) is 6.54. The first-order chi connectivity index (χ1) is 14.4. The van der Waals surface area contributed by atoms with Gasteiger partial charge in [0.25, 0.3) is 0 Å². The molecule has 1 fully saturated rings. The van der Waals surface area contributed by atoms with Crippen LogP contribution in [-0.4, -0.2) is 63.0 Å². The van der Waals surface area contributed by atoms with Crippen LogP contribution in [0.3, 0.4) is 0 Å². The van der Waals surface area contributed by atoms with Gasteiger partial charge in [0.15, 0.2) is 11.6 Å². The minimum Gasteiger partial charge on any atom is -0.489 e. The number of nitrogens with one attached hydrogen (secondary N) is 1. The van der Waals surface area contributed by atoms with Gasteiger partial charge in [-0.15, -0.1) is 0 Å². The lowest BCUT2D eigenvalue weighted by Gasteiger charge is -2.34. The largest absolute Gasteiger partial charge is 0.489 e. The van der Waals surface area contributed by atoms with Crippen LogP contribution in [0.25, 0.3) is 0 Å². The monoisotopic (exact) mass is 432 g/mol. The lowest BCUT2D eigenvalue weighted by molar-refractivity contribution is 0.170. The molecular formula is C20H21FN4O4S. The van der Waals surface area contributed by atoms with Crippen molar-refractivity contribution in [2.24, 2.45) is 0 Å². The molecule has 0 bridgehead atoms. The third-order valence-corrected chi connectivity index (χ3v) is 6.53. The van der Waals surface area contributed by atoms with Gasteiger partial charge < -0.3 is 15.0 Å². The third-order valence-electron chi connectivity index (χ3n) is 4.62. The summed E-state index contributed by atoms with van der Waals surface area (Å²) in [6.07, 6.45) is 0. The topological polar surface area (TPSA) is 103 Å². The smallest absolute Gasteiger partial charge is 0.317 e. The molecule has 1 heterocycles. The number of benzene rings is 2. The van der Waals surface area contributed by atoms with Crippen molar-refractivity contribution in [1.29, 1.82) is 5.26 Å². The Balaban J connectivity index is 1.45. The number of hydrogen-bond acceptors (Lipinski definition) is 5. The molecule has 158 valence electrons. The van der Waals surface area contributed by atoms with Crippen molar-refractivity contribution < 1.29 is 22.3 Å². The molecule has 2 aromatic carbocycles. The number of nitriles is 1.